The zero-order chi connectivity index (χ0) is 10.4. The Balaban J connectivity index is 3.95. The largest absolute Gasteiger partial charge is 0.481 e. The Kier molecular flexibility index (Phi) is 4.71. The van der Waals surface area contributed by atoms with Gasteiger partial charge in [-0.15, -0.1) is 0 Å². The monoisotopic (exact) mass is 188 g/mol. The quantitative estimate of drug-likeness (QED) is 0.307. The summed E-state index contributed by atoms with van der Waals surface area (Å²) in [6.45, 7) is 3.21. The second kappa shape index (κ2) is 5.28. The molecule has 0 aliphatic carbocycles. The smallest absolute Gasteiger partial charge is 0.305 e. The molecule has 0 rings (SSSR count). The van der Waals surface area contributed by atoms with E-state index in [1.165, 1.54) is 0 Å². The third kappa shape index (κ3) is 4.94. The van der Waals surface area contributed by atoms with E-state index in [1.54, 1.807) is 0 Å². The predicted molar refractivity (Wildman–Crippen MR) is 44.6 cm³/mol. The number of nitrogens with one attached hydrogen (secondary N) is 1. The molecule has 0 radical (unpaired) electrons. The van der Waals surface area contributed by atoms with Gasteiger partial charge in [-0.05, 0) is 6.08 Å². The Labute approximate surface area is 75.0 Å². The number of carbonyl (C=O) groups is 2. The normalized spacial score (nSPS) is 14.3. The summed E-state index contributed by atoms with van der Waals surface area (Å²) in [6.07, 6.45) is -0.589. The maximum absolute atomic E-state index is 10.9. The van der Waals surface area contributed by atoms with E-state index < -0.39 is 30.6 Å². The van der Waals surface area contributed by atoms with Gasteiger partial charge in [0.1, 0.15) is 6.23 Å². The van der Waals surface area contributed by atoms with Gasteiger partial charge in [0.05, 0.1) is 12.5 Å². The Bertz CT molecular complexity index is 217. The van der Waals surface area contributed by atoms with Gasteiger partial charge in [-0.25, -0.2) is 0 Å². The van der Waals surface area contributed by atoms with Gasteiger partial charge in [0.2, 0.25) is 5.91 Å². The predicted octanol–water partition coefficient (Wildman–Crippen LogP) is -1.59. The summed E-state index contributed by atoms with van der Waals surface area (Å²) in [5.74, 6) is -1.90. The Hall–Kier alpha value is -1.40. The number of amides is 1. The molecule has 0 aromatic rings. The van der Waals surface area contributed by atoms with E-state index >= 15 is 0 Å². The van der Waals surface area contributed by atoms with Crippen LogP contribution in [0.3, 0.4) is 0 Å². The van der Waals surface area contributed by atoms with Crippen LogP contribution in [0.2, 0.25) is 0 Å². The first-order valence-electron chi connectivity index (χ1n) is 3.55. The van der Waals surface area contributed by atoms with Crippen LogP contribution < -0.4 is 11.1 Å². The first-order chi connectivity index (χ1) is 5.97. The van der Waals surface area contributed by atoms with Crippen molar-refractivity contribution in [2.45, 2.75) is 18.7 Å². The molecule has 1 unspecified atom stereocenters. The van der Waals surface area contributed by atoms with Crippen LogP contribution in [0.25, 0.3) is 0 Å². The van der Waals surface area contributed by atoms with Crippen molar-refractivity contribution in [3.05, 3.63) is 12.7 Å². The highest BCUT2D eigenvalue weighted by molar-refractivity contribution is 5.86. The van der Waals surface area contributed by atoms with Gasteiger partial charge in [-0.3, -0.25) is 9.59 Å². The van der Waals surface area contributed by atoms with Crippen molar-refractivity contribution in [1.29, 1.82) is 0 Å². The van der Waals surface area contributed by atoms with Crippen molar-refractivity contribution in [3.8, 4) is 0 Å². The molecule has 0 aliphatic rings. The number of carbonyl (C=O) groups excluding carboxylic acids is 1. The molecular weight excluding hydrogens is 176 g/mol. The molecule has 6 heteroatoms. The highest BCUT2D eigenvalue weighted by atomic mass is 16.4. The topological polar surface area (TPSA) is 113 Å². The molecule has 0 aromatic heterocycles. The molecule has 0 aromatic carbocycles. The summed E-state index contributed by atoms with van der Waals surface area (Å²) in [5.41, 5.74) is 5.18. The second-order valence-corrected chi connectivity index (χ2v) is 2.39. The lowest BCUT2D eigenvalue weighted by Crippen LogP contribution is -2.45. The molecule has 1 amide bonds. The number of hydrogen-bond donors (Lipinski definition) is 4. The summed E-state index contributed by atoms with van der Waals surface area (Å²) in [7, 11) is 0. The maximum atomic E-state index is 10.9. The first-order valence-corrected chi connectivity index (χ1v) is 3.55. The van der Waals surface area contributed by atoms with E-state index in [0.29, 0.717) is 0 Å². The number of nitrogens with two attached hydrogens (primary N) is 1. The lowest BCUT2D eigenvalue weighted by atomic mass is 10.2. The van der Waals surface area contributed by atoms with Crippen LogP contribution in [0.1, 0.15) is 6.42 Å². The van der Waals surface area contributed by atoms with Gasteiger partial charge < -0.3 is 21.3 Å². The number of aliphatic hydroxyl groups is 1. The molecule has 2 atom stereocenters. The van der Waals surface area contributed by atoms with Crippen molar-refractivity contribution in [2.75, 3.05) is 0 Å². The first kappa shape index (κ1) is 11.6. The van der Waals surface area contributed by atoms with Crippen LogP contribution in [0.15, 0.2) is 12.7 Å². The summed E-state index contributed by atoms with van der Waals surface area (Å²) >= 11 is 0. The lowest BCUT2D eigenvalue weighted by molar-refractivity contribution is -0.139. The summed E-state index contributed by atoms with van der Waals surface area (Å²) < 4.78 is 0. The fourth-order valence-corrected chi connectivity index (χ4v) is 0.593. The fraction of sp³-hybridized carbons (Fsp3) is 0.429. The van der Waals surface area contributed by atoms with Crippen molar-refractivity contribution in [3.63, 3.8) is 0 Å². The van der Waals surface area contributed by atoms with Crippen LogP contribution >= 0.6 is 0 Å². The van der Waals surface area contributed by atoms with Gasteiger partial charge in [-0.1, -0.05) is 6.58 Å². The third-order valence-electron chi connectivity index (χ3n) is 1.24. The molecule has 0 spiro atoms. The van der Waals surface area contributed by atoms with Crippen LogP contribution in [0.5, 0.6) is 0 Å². The van der Waals surface area contributed by atoms with Crippen LogP contribution in [-0.4, -0.2) is 34.4 Å². The van der Waals surface area contributed by atoms with Crippen LogP contribution in [0, 0.1) is 0 Å². The Morgan fingerprint density at radius 1 is 1.62 bits per heavy atom. The van der Waals surface area contributed by atoms with E-state index in [2.05, 4.69) is 6.58 Å². The van der Waals surface area contributed by atoms with Crippen molar-refractivity contribution in [1.82, 2.24) is 5.32 Å². The number of aliphatic hydroxyl groups excluding tert-OH is 1. The van der Waals surface area contributed by atoms with Gasteiger partial charge >= 0.3 is 5.97 Å². The molecule has 0 bridgehead atoms. The highest BCUT2D eigenvalue weighted by Gasteiger charge is 2.17. The standard InChI is InChI=1S/C7H12N2O4/c1-2-5(10)9-7(13)4(8)3-6(11)12/h2,4-5,10H,1,3,8H2,(H,9,13)(H,11,12)/t4-,5?/m0/s1. The third-order valence-corrected chi connectivity index (χ3v) is 1.24. The van der Waals surface area contributed by atoms with E-state index in [-0.39, 0.29) is 0 Å². The lowest BCUT2D eigenvalue weighted by Gasteiger charge is -2.12. The number of hydrogen-bond acceptors (Lipinski definition) is 4. The average Bonchev–Trinajstić information content (AvgIpc) is 2.02. The molecule has 0 saturated carbocycles. The van der Waals surface area contributed by atoms with Crippen LogP contribution in [0.4, 0.5) is 0 Å². The zero-order valence-electron chi connectivity index (χ0n) is 6.93. The number of aliphatic carboxylic acids is 1. The SMILES string of the molecule is C=CC(O)NC(=O)[C@@H](N)CC(=O)O. The minimum absolute atomic E-state index is 0.476. The molecule has 0 aliphatic heterocycles. The summed E-state index contributed by atoms with van der Waals surface area (Å²) in [4.78, 5) is 21.1. The molecule has 0 saturated heterocycles. The number of carboxylic acid groups (broad SMARTS) is 1. The van der Waals surface area contributed by atoms with E-state index in [4.69, 9.17) is 15.9 Å². The van der Waals surface area contributed by atoms with Gasteiger partial charge in [-0.2, -0.15) is 0 Å². The zero-order valence-corrected chi connectivity index (χ0v) is 6.93. The molecule has 13 heavy (non-hydrogen) atoms. The summed E-state index contributed by atoms with van der Waals surface area (Å²) in [6, 6.07) is -1.16. The molecule has 0 heterocycles. The Morgan fingerprint density at radius 2 is 2.15 bits per heavy atom. The molecule has 5 N–H and O–H groups in total. The molecule has 74 valence electrons. The Morgan fingerprint density at radius 3 is 2.54 bits per heavy atom. The maximum Gasteiger partial charge on any atom is 0.305 e. The van der Waals surface area contributed by atoms with E-state index in [1.807, 2.05) is 5.32 Å². The number of rotatable bonds is 5. The molecule has 0 fully saturated rings. The molecular formula is C7H12N2O4. The van der Waals surface area contributed by atoms with Gasteiger partial charge in [0.25, 0.3) is 0 Å². The second-order valence-electron chi connectivity index (χ2n) is 2.39. The van der Waals surface area contributed by atoms with Crippen molar-refractivity contribution >= 4 is 11.9 Å². The van der Waals surface area contributed by atoms with Gasteiger partial charge in [0.15, 0.2) is 0 Å². The van der Waals surface area contributed by atoms with Crippen LogP contribution in [-0.2, 0) is 9.59 Å². The average molecular weight is 188 g/mol. The number of carboxylic acids is 1. The van der Waals surface area contributed by atoms with Crippen molar-refractivity contribution in [2.24, 2.45) is 5.73 Å². The minimum atomic E-state index is -1.20. The fourth-order valence-electron chi connectivity index (χ4n) is 0.593. The summed E-state index contributed by atoms with van der Waals surface area (Å²) in [5, 5.41) is 19.2. The van der Waals surface area contributed by atoms with E-state index in [9.17, 15) is 9.59 Å². The van der Waals surface area contributed by atoms with E-state index in [0.717, 1.165) is 6.08 Å². The van der Waals surface area contributed by atoms with Crippen molar-refractivity contribution < 1.29 is 19.8 Å². The van der Waals surface area contributed by atoms with Gasteiger partial charge in [0, 0.05) is 0 Å². The molecule has 6 nitrogen and oxygen atoms in total. The highest BCUT2D eigenvalue weighted by Crippen LogP contribution is 1.89. The minimum Gasteiger partial charge on any atom is -0.481 e.